The summed E-state index contributed by atoms with van der Waals surface area (Å²) < 4.78 is 0. The third kappa shape index (κ3) is 2.24. The molecule has 0 saturated heterocycles. The van der Waals surface area contributed by atoms with Gasteiger partial charge in [-0.2, -0.15) is 5.10 Å². The molecule has 2 fully saturated rings. The average Bonchev–Trinajstić information content (AvgIpc) is 3.01. The zero-order valence-electron chi connectivity index (χ0n) is 12.4. The Morgan fingerprint density at radius 1 is 1.40 bits per heavy atom. The molecule has 2 saturated carbocycles. The third-order valence-corrected chi connectivity index (χ3v) is 4.92. The largest absolute Gasteiger partial charge is 0.327 e. The molecule has 2 aliphatic carbocycles. The molecule has 0 aliphatic heterocycles. The molecule has 1 aromatic rings. The van der Waals surface area contributed by atoms with Crippen molar-refractivity contribution in [3.05, 3.63) is 11.8 Å². The number of hydrogen-bond donors (Lipinski definition) is 3. The van der Waals surface area contributed by atoms with Crippen molar-refractivity contribution in [1.29, 1.82) is 0 Å². The second-order valence-electron chi connectivity index (χ2n) is 7.34. The maximum atomic E-state index is 12.4. The minimum atomic E-state index is -0.0384. The summed E-state index contributed by atoms with van der Waals surface area (Å²) in [5.41, 5.74) is 7.22. The van der Waals surface area contributed by atoms with Crippen LogP contribution in [0.15, 0.2) is 6.07 Å². The Morgan fingerprint density at radius 3 is 2.65 bits per heavy atom. The first kappa shape index (κ1) is 13.6. The van der Waals surface area contributed by atoms with E-state index in [0.29, 0.717) is 17.7 Å². The number of amides is 1. The predicted octanol–water partition coefficient (Wildman–Crippen LogP) is 2.02. The number of carbonyl (C=O) groups is 1. The zero-order chi connectivity index (χ0) is 14.5. The van der Waals surface area contributed by atoms with Gasteiger partial charge in [0.25, 0.3) is 0 Å². The van der Waals surface area contributed by atoms with E-state index in [9.17, 15) is 4.79 Å². The molecule has 1 heterocycles. The first-order valence-corrected chi connectivity index (χ1v) is 7.48. The molecule has 4 atom stereocenters. The lowest BCUT2D eigenvalue weighted by molar-refractivity contribution is -0.121. The minimum Gasteiger partial charge on any atom is -0.327 e. The van der Waals surface area contributed by atoms with E-state index in [-0.39, 0.29) is 23.3 Å². The Bertz CT molecular complexity index is 514. The number of H-pyrrole nitrogens is 1. The molecule has 5 nitrogen and oxygen atoms in total. The molecule has 2 bridgehead atoms. The Morgan fingerprint density at radius 2 is 2.10 bits per heavy atom. The highest BCUT2D eigenvalue weighted by atomic mass is 16.2. The van der Waals surface area contributed by atoms with E-state index in [2.05, 4.69) is 36.3 Å². The molecule has 1 aromatic heterocycles. The van der Waals surface area contributed by atoms with E-state index in [1.54, 1.807) is 0 Å². The van der Waals surface area contributed by atoms with Crippen molar-refractivity contribution in [2.45, 2.75) is 51.5 Å². The van der Waals surface area contributed by atoms with Crippen molar-refractivity contribution in [3.8, 4) is 0 Å². The smallest absolute Gasteiger partial charge is 0.230 e. The number of anilines is 1. The summed E-state index contributed by atoms with van der Waals surface area (Å²) in [6.45, 7) is 6.33. The molecule has 1 amide bonds. The van der Waals surface area contributed by atoms with Crippen LogP contribution in [0.4, 0.5) is 5.82 Å². The maximum absolute atomic E-state index is 12.4. The zero-order valence-corrected chi connectivity index (χ0v) is 12.4. The van der Waals surface area contributed by atoms with Gasteiger partial charge in [-0.15, -0.1) is 0 Å². The fourth-order valence-corrected chi connectivity index (χ4v) is 3.70. The van der Waals surface area contributed by atoms with E-state index in [0.717, 1.165) is 18.5 Å². The van der Waals surface area contributed by atoms with E-state index in [4.69, 9.17) is 5.73 Å². The van der Waals surface area contributed by atoms with Crippen molar-refractivity contribution >= 4 is 11.7 Å². The van der Waals surface area contributed by atoms with Crippen LogP contribution in [0.25, 0.3) is 0 Å². The number of aromatic nitrogens is 2. The summed E-state index contributed by atoms with van der Waals surface area (Å²) in [5, 5.41) is 10.1. The van der Waals surface area contributed by atoms with E-state index in [1.165, 1.54) is 6.42 Å². The van der Waals surface area contributed by atoms with Crippen molar-refractivity contribution in [1.82, 2.24) is 10.2 Å². The fourth-order valence-electron chi connectivity index (χ4n) is 3.70. The summed E-state index contributed by atoms with van der Waals surface area (Å²) in [5.74, 6) is 1.62. The number of nitrogens with two attached hydrogens (primary N) is 1. The first-order valence-electron chi connectivity index (χ1n) is 7.48. The lowest BCUT2D eigenvalue weighted by Gasteiger charge is -2.26. The standard InChI is InChI=1S/C15H24N4O/c1-15(2,3)10-7-11(19-18-10)17-14(20)12-8-4-5-9(6-8)13(12)16/h7-9,12-13H,4-6,16H2,1-3H3,(H2,17,18,19,20). The second kappa shape index (κ2) is 4.58. The van der Waals surface area contributed by atoms with Crippen LogP contribution in [-0.2, 0) is 10.2 Å². The van der Waals surface area contributed by atoms with E-state index < -0.39 is 0 Å². The van der Waals surface area contributed by atoms with Crippen LogP contribution < -0.4 is 11.1 Å². The monoisotopic (exact) mass is 276 g/mol. The average molecular weight is 276 g/mol. The van der Waals surface area contributed by atoms with Crippen LogP contribution in [-0.4, -0.2) is 22.1 Å². The van der Waals surface area contributed by atoms with Crippen LogP contribution in [0.5, 0.6) is 0 Å². The lowest BCUT2D eigenvalue weighted by Crippen LogP contribution is -2.42. The highest BCUT2D eigenvalue weighted by Crippen LogP contribution is 2.47. The number of nitrogens with one attached hydrogen (secondary N) is 2. The summed E-state index contributed by atoms with van der Waals surface area (Å²) in [4.78, 5) is 12.4. The molecular weight excluding hydrogens is 252 g/mol. The molecule has 110 valence electrons. The van der Waals surface area contributed by atoms with Gasteiger partial charge in [0.05, 0.1) is 5.92 Å². The number of aromatic amines is 1. The molecule has 2 aliphatic rings. The molecule has 0 spiro atoms. The summed E-state index contributed by atoms with van der Waals surface area (Å²) in [7, 11) is 0. The van der Waals surface area contributed by atoms with Crippen molar-refractivity contribution in [2.24, 2.45) is 23.5 Å². The number of rotatable bonds is 2. The highest BCUT2D eigenvalue weighted by molar-refractivity contribution is 5.92. The first-order chi connectivity index (χ1) is 9.36. The van der Waals surface area contributed by atoms with Crippen LogP contribution in [0.2, 0.25) is 0 Å². The molecule has 4 N–H and O–H groups in total. The van der Waals surface area contributed by atoms with Gasteiger partial charge in [0.1, 0.15) is 0 Å². The van der Waals surface area contributed by atoms with Gasteiger partial charge >= 0.3 is 0 Å². The normalized spacial score (nSPS) is 32.6. The molecule has 20 heavy (non-hydrogen) atoms. The van der Waals surface area contributed by atoms with Gasteiger partial charge in [0.15, 0.2) is 5.82 Å². The third-order valence-electron chi connectivity index (χ3n) is 4.92. The minimum absolute atomic E-state index is 0.00118. The van der Waals surface area contributed by atoms with Crippen LogP contribution in [0.1, 0.15) is 45.7 Å². The Kier molecular flexibility index (Phi) is 3.12. The maximum Gasteiger partial charge on any atom is 0.230 e. The quantitative estimate of drug-likeness (QED) is 0.772. The number of hydrogen-bond acceptors (Lipinski definition) is 3. The second-order valence-corrected chi connectivity index (χ2v) is 7.34. The molecule has 3 rings (SSSR count). The molecule has 0 aromatic carbocycles. The van der Waals surface area contributed by atoms with Crippen molar-refractivity contribution < 1.29 is 4.79 Å². The summed E-state index contributed by atoms with van der Waals surface area (Å²) in [6.07, 6.45) is 3.45. The Balaban J connectivity index is 1.69. The van der Waals surface area contributed by atoms with Gasteiger partial charge in [0, 0.05) is 23.2 Å². The summed E-state index contributed by atoms with van der Waals surface area (Å²) in [6, 6.07) is 1.94. The number of nitrogens with zero attached hydrogens (tertiary/aromatic N) is 1. The van der Waals surface area contributed by atoms with Crippen LogP contribution >= 0.6 is 0 Å². The number of carbonyl (C=O) groups excluding carboxylic acids is 1. The van der Waals surface area contributed by atoms with E-state index >= 15 is 0 Å². The number of fused-ring (bicyclic) bond motifs is 2. The van der Waals surface area contributed by atoms with Crippen molar-refractivity contribution in [2.75, 3.05) is 5.32 Å². The Labute approximate surface area is 119 Å². The van der Waals surface area contributed by atoms with Gasteiger partial charge in [-0.25, -0.2) is 0 Å². The topological polar surface area (TPSA) is 83.8 Å². The Hall–Kier alpha value is -1.36. The SMILES string of the molecule is CC(C)(C)c1cc(NC(=O)C2C3CCC(C3)C2N)n[nH]1. The van der Waals surface area contributed by atoms with Gasteiger partial charge in [-0.3, -0.25) is 9.89 Å². The highest BCUT2D eigenvalue weighted by Gasteiger charge is 2.49. The molecule has 4 unspecified atom stereocenters. The van der Waals surface area contributed by atoms with Gasteiger partial charge in [-0.05, 0) is 31.1 Å². The summed E-state index contributed by atoms with van der Waals surface area (Å²) >= 11 is 0. The van der Waals surface area contributed by atoms with Gasteiger partial charge in [0.2, 0.25) is 5.91 Å². The van der Waals surface area contributed by atoms with Crippen LogP contribution in [0.3, 0.4) is 0 Å². The van der Waals surface area contributed by atoms with Crippen molar-refractivity contribution in [3.63, 3.8) is 0 Å². The fraction of sp³-hybridized carbons (Fsp3) is 0.733. The lowest BCUT2D eigenvalue weighted by atomic mass is 9.84. The van der Waals surface area contributed by atoms with Gasteiger partial charge in [-0.1, -0.05) is 20.8 Å². The van der Waals surface area contributed by atoms with E-state index in [1.807, 2.05) is 6.07 Å². The molecule has 5 heteroatoms. The van der Waals surface area contributed by atoms with Gasteiger partial charge < -0.3 is 11.1 Å². The predicted molar refractivity (Wildman–Crippen MR) is 78.2 cm³/mol. The molecular formula is C15H24N4O. The molecule has 0 radical (unpaired) electrons. The van der Waals surface area contributed by atoms with Crippen LogP contribution in [0, 0.1) is 17.8 Å².